The van der Waals surface area contributed by atoms with Crippen LogP contribution in [0.2, 0.25) is 0 Å². The van der Waals surface area contributed by atoms with Crippen LogP contribution in [0.1, 0.15) is 48.6 Å². The average Bonchev–Trinajstić information content (AvgIpc) is 2.97. The number of hydrogen-bond donors (Lipinski definition) is 3. The van der Waals surface area contributed by atoms with Gasteiger partial charge in [0.2, 0.25) is 11.0 Å². The molecule has 1 aromatic rings. The minimum atomic E-state index is -0.250. The summed E-state index contributed by atoms with van der Waals surface area (Å²) in [5.41, 5.74) is 11.7. The summed E-state index contributed by atoms with van der Waals surface area (Å²) in [4.78, 5) is 32.8. The van der Waals surface area contributed by atoms with E-state index in [4.69, 9.17) is 21.4 Å². The first-order valence-corrected chi connectivity index (χ1v) is 8.84. The Bertz CT molecular complexity index is 606. The lowest BCUT2D eigenvalue weighted by molar-refractivity contribution is -0.134. The number of carbonyl (C=O) groups excluding carboxylic acids is 1. The number of carbonyl (C=O) groups is 2. The number of aryl methyl sites for hydroxylation is 1. The lowest BCUT2D eigenvalue weighted by Crippen LogP contribution is -2.39. The summed E-state index contributed by atoms with van der Waals surface area (Å²) in [6.07, 6.45) is 6.33. The van der Waals surface area contributed by atoms with E-state index in [9.17, 15) is 4.79 Å². The molecule has 0 saturated carbocycles. The third kappa shape index (κ3) is 4.44. The summed E-state index contributed by atoms with van der Waals surface area (Å²) in [7, 11) is 0. The number of nitrogens with zero attached hydrogens (tertiary/aromatic N) is 3. The highest BCUT2D eigenvalue weighted by atomic mass is 32.1. The number of likely N-dealkylation sites (tertiary alicyclic amines) is 1. The number of piperidine rings is 1. The number of aliphatic imine (C=N–C) groups is 1. The minimum Gasteiger partial charge on any atom is -0.483 e. The third-order valence-electron chi connectivity index (χ3n) is 4.13. The van der Waals surface area contributed by atoms with Crippen LogP contribution in [0.5, 0.6) is 0 Å². The van der Waals surface area contributed by atoms with Crippen molar-refractivity contribution in [3.63, 3.8) is 0 Å². The van der Waals surface area contributed by atoms with Gasteiger partial charge in [-0.15, -0.1) is 0 Å². The smallest absolute Gasteiger partial charge is 0.290 e. The molecule has 9 heteroatoms. The molecule has 0 bridgehead atoms. The van der Waals surface area contributed by atoms with E-state index >= 15 is 0 Å². The molecule has 1 saturated heterocycles. The van der Waals surface area contributed by atoms with Crippen molar-refractivity contribution in [2.24, 2.45) is 16.5 Å². The molecule has 1 aliphatic heterocycles. The van der Waals surface area contributed by atoms with Gasteiger partial charge >= 0.3 is 0 Å². The molecule has 1 aliphatic carbocycles. The van der Waals surface area contributed by atoms with E-state index in [1.807, 2.05) is 4.90 Å². The quantitative estimate of drug-likeness (QED) is 0.415. The van der Waals surface area contributed by atoms with Gasteiger partial charge in [-0.3, -0.25) is 9.59 Å². The van der Waals surface area contributed by atoms with Crippen LogP contribution in [-0.2, 0) is 16.0 Å². The monoisotopic (exact) mass is 353 g/mol. The van der Waals surface area contributed by atoms with Gasteiger partial charge in [-0.05, 0) is 38.5 Å². The highest BCUT2D eigenvalue weighted by Crippen LogP contribution is 2.38. The molecular weight excluding hydrogens is 330 g/mol. The molecule has 0 unspecified atom stereocenters. The number of amides is 1. The molecule has 1 fully saturated rings. The van der Waals surface area contributed by atoms with Crippen molar-refractivity contribution >= 4 is 34.8 Å². The van der Waals surface area contributed by atoms with E-state index in [1.54, 1.807) is 0 Å². The van der Waals surface area contributed by atoms with Crippen LogP contribution in [-0.4, -0.2) is 46.4 Å². The fourth-order valence-corrected chi connectivity index (χ4v) is 4.19. The van der Waals surface area contributed by atoms with Gasteiger partial charge in [0.1, 0.15) is 0 Å². The maximum atomic E-state index is 12.8. The van der Waals surface area contributed by atoms with Crippen molar-refractivity contribution in [1.29, 1.82) is 0 Å². The fraction of sp³-hybridized carbons (Fsp3) is 0.600. The van der Waals surface area contributed by atoms with Crippen LogP contribution < -0.4 is 11.5 Å². The van der Waals surface area contributed by atoms with Crippen LogP contribution >= 0.6 is 11.3 Å². The molecule has 2 aliphatic rings. The second-order valence-electron chi connectivity index (χ2n) is 5.78. The molecule has 132 valence electrons. The molecule has 5 N–H and O–H groups in total. The van der Waals surface area contributed by atoms with Crippen molar-refractivity contribution in [2.45, 2.75) is 44.4 Å². The topological polar surface area (TPSA) is 135 Å². The highest BCUT2D eigenvalue weighted by Gasteiger charge is 2.33. The van der Waals surface area contributed by atoms with Crippen molar-refractivity contribution < 1.29 is 14.7 Å². The summed E-state index contributed by atoms with van der Waals surface area (Å²) in [5, 5.41) is 7.46. The zero-order chi connectivity index (χ0) is 17.5. The Kier molecular flexibility index (Phi) is 6.53. The zero-order valence-electron chi connectivity index (χ0n) is 13.5. The van der Waals surface area contributed by atoms with Gasteiger partial charge in [0.25, 0.3) is 6.47 Å². The Balaban J connectivity index is 0.000000647. The Hall–Kier alpha value is -2.16. The molecule has 2 heterocycles. The number of rotatable bonds is 2. The summed E-state index contributed by atoms with van der Waals surface area (Å²) >= 11 is 1.50. The van der Waals surface area contributed by atoms with Crippen molar-refractivity contribution in [3.05, 3.63) is 10.6 Å². The van der Waals surface area contributed by atoms with E-state index in [2.05, 4.69) is 9.98 Å². The van der Waals surface area contributed by atoms with Crippen molar-refractivity contribution in [3.8, 4) is 0 Å². The van der Waals surface area contributed by atoms with Crippen LogP contribution in [0.25, 0.3) is 0 Å². The van der Waals surface area contributed by atoms with Crippen LogP contribution in [0.15, 0.2) is 4.99 Å². The van der Waals surface area contributed by atoms with Gasteiger partial charge in [-0.25, -0.2) is 4.98 Å². The predicted octanol–water partition coefficient (Wildman–Crippen LogP) is 1.18. The van der Waals surface area contributed by atoms with Crippen molar-refractivity contribution in [2.75, 3.05) is 13.1 Å². The highest BCUT2D eigenvalue weighted by molar-refractivity contribution is 7.15. The van der Waals surface area contributed by atoms with Crippen LogP contribution in [0.4, 0.5) is 5.13 Å². The van der Waals surface area contributed by atoms with Crippen LogP contribution in [0.3, 0.4) is 0 Å². The standard InChI is InChI=1S/C14H21N5OS.CH2O2/c15-13(16)18-14-17-11-9(5-4-6-10(11)21-14)12(20)19-7-2-1-3-8-19;2-1-3/h9H,1-8H2,(H4,15,16,17,18);1H,(H,2,3)/t9-;/m0./s1. The zero-order valence-corrected chi connectivity index (χ0v) is 14.3. The first-order valence-electron chi connectivity index (χ1n) is 8.02. The molecule has 0 aromatic carbocycles. The number of nitrogens with two attached hydrogens (primary N) is 2. The molecule has 1 amide bonds. The normalized spacial score (nSPS) is 19.5. The second-order valence-corrected chi connectivity index (χ2v) is 6.84. The summed E-state index contributed by atoms with van der Waals surface area (Å²) in [6.45, 7) is 1.52. The Morgan fingerprint density at radius 2 is 1.96 bits per heavy atom. The van der Waals surface area contributed by atoms with Gasteiger partial charge < -0.3 is 21.5 Å². The maximum Gasteiger partial charge on any atom is 0.290 e. The van der Waals surface area contributed by atoms with E-state index in [0.29, 0.717) is 5.13 Å². The van der Waals surface area contributed by atoms with Crippen LogP contribution in [0, 0.1) is 0 Å². The molecule has 0 radical (unpaired) electrons. The summed E-state index contributed by atoms with van der Waals surface area (Å²) in [5.74, 6) is 0.142. The van der Waals surface area contributed by atoms with E-state index in [1.165, 1.54) is 17.8 Å². The third-order valence-corrected chi connectivity index (χ3v) is 5.16. The summed E-state index contributed by atoms with van der Waals surface area (Å²) < 4.78 is 0. The molecule has 0 spiro atoms. The molecule has 1 aromatic heterocycles. The number of thiazole rings is 1. The average molecular weight is 353 g/mol. The molecule has 24 heavy (non-hydrogen) atoms. The summed E-state index contributed by atoms with van der Waals surface area (Å²) in [6, 6.07) is 0. The lowest BCUT2D eigenvalue weighted by Gasteiger charge is -2.31. The van der Waals surface area contributed by atoms with Crippen molar-refractivity contribution in [1.82, 2.24) is 9.88 Å². The van der Waals surface area contributed by atoms with E-state index in [0.717, 1.165) is 55.8 Å². The number of fused-ring (bicyclic) bond motifs is 1. The number of guanidine groups is 1. The van der Waals surface area contributed by atoms with Gasteiger partial charge in [-0.2, -0.15) is 4.99 Å². The maximum absolute atomic E-state index is 12.8. The molecule has 8 nitrogen and oxygen atoms in total. The van der Waals surface area contributed by atoms with E-state index < -0.39 is 0 Å². The minimum absolute atomic E-state index is 0.0139. The van der Waals surface area contributed by atoms with Gasteiger partial charge in [0.15, 0.2) is 5.96 Å². The number of hydrogen-bond acceptors (Lipinski definition) is 5. The predicted molar refractivity (Wildman–Crippen MR) is 92.4 cm³/mol. The van der Waals surface area contributed by atoms with Gasteiger partial charge in [0, 0.05) is 18.0 Å². The Morgan fingerprint density at radius 3 is 2.58 bits per heavy atom. The molecule has 1 atom stereocenters. The molecular formula is C15H23N5O3S. The fourth-order valence-electron chi connectivity index (χ4n) is 3.14. The second kappa shape index (κ2) is 8.62. The SMILES string of the molecule is NC(N)=Nc1nc2c(s1)CCC[C@@H]2C(=O)N1CCCCC1.O=CO. The lowest BCUT2D eigenvalue weighted by atomic mass is 9.89. The van der Waals surface area contributed by atoms with E-state index in [-0.39, 0.29) is 24.3 Å². The van der Waals surface area contributed by atoms with Gasteiger partial charge in [-0.1, -0.05) is 11.3 Å². The van der Waals surface area contributed by atoms with Gasteiger partial charge in [0.05, 0.1) is 11.6 Å². The Morgan fingerprint density at radius 1 is 1.29 bits per heavy atom. The Labute approximate surface area is 144 Å². The number of carboxylic acid groups (broad SMARTS) is 1. The number of aromatic nitrogens is 1. The first-order chi connectivity index (χ1) is 11.6. The molecule has 3 rings (SSSR count). The first kappa shape index (κ1) is 18.2. The largest absolute Gasteiger partial charge is 0.483 e.